The molecule has 0 aliphatic carbocycles. The van der Waals surface area contributed by atoms with E-state index in [-0.39, 0.29) is 24.3 Å². The van der Waals surface area contributed by atoms with Crippen molar-refractivity contribution in [1.29, 1.82) is 0 Å². The minimum atomic E-state index is -0.0348. The van der Waals surface area contributed by atoms with E-state index in [0.717, 1.165) is 45.6 Å². The zero-order valence-electron chi connectivity index (χ0n) is 15.9. The fourth-order valence-electron chi connectivity index (χ4n) is 3.69. The quantitative estimate of drug-likeness (QED) is 0.769. The molecule has 0 saturated carbocycles. The normalized spacial score (nSPS) is 19.2. The van der Waals surface area contributed by atoms with Gasteiger partial charge < -0.3 is 19.4 Å². The van der Waals surface area contributed by atoms with Crippen molar-refractivity contribution in [3.8, 4) is 5.75 Å². The summed E-state index contributed by atoms with van der Waals surface area (Å²) in [5.41, 5.74) is 0. The Morgan fingerprint density at radius 3 is 2.22 bits per heavy atom. The van der Waals surface area contributed by atoms with Gasteiger partial charge in [0.05, 0.1) is 0 Å². The number of carbonyl (C=O) groups is 2. The molecule has 2 saturated heterocycles. The van der Waals surface area contributed by atoms with Crippen LogP contribution in [0.4, 0.5) is 0 Å². The van der Waals surface area contributed by atoms with Crippen LogP contribution in [0.1, 0.15) is 19.8 Å². The maximum Gasteiger partial charge on any atom is 0.260 e. The molecule has 0 bridgehead atoms. The first kappa shape index (κ1) is 20.0. The van der Waals surface area contributed by atoms with Crippen molar-refractivity contribution >= 4 is 23.4 Å². The summed E-state index contributed by atoms with van der Waals surface area (Å²) < 4.78 is 5.54. The van der Waals surface area contributed by atoms with Crippen molar-refractivity contribution in [3.63, 3.8) is 0 Å². The molecule has 7 heteroatoms. The number of ether oxygens (including phenoxy) is 1. The number of hydrogen-bond acceptors (Lipinski definition) is 4. The third-order valence-corrected chi connectivity index (χ3v) is 5.76. The average molecular weight is 394 g/mol. The van der Waals surface area contributed by atoms with E-state index in [2.05, 4.69) is 11.8 Å². The van der Waals surface area contributed by atoms with Gasteiger partial charge in [-0.1, -0.05) is 18.5 Å². The van der Waals surface area contributed by atoms with Crippen molar-refractivity contribution in [2.75, 3.05) is 52.4 Å². The second kappa shape index (κ2) is 9.42. The molecule has 27 heavy (non-hydrogen) atoms. The predicted molar refractivity (Wildman–Crippen MR) is 105 cm³/mol. The fourth-order valence-corrected chi connectivity index (χ4v) is 3.81. The Balaban J connectivity index is 1.41. The lowest BCUT2D eigenvalue weighted by atomic mass is 9.95. The van der Waals surface area contributed by atoms with E-state index in [1.807, 2.05) is 4.90 Å². The summed E-state index contributed by atoms with van der Waals surface area (Å²) in [4.78, 5) is 31.3. The Hall–Kier alpha value is -1.79. The molecule has 2 amide bonds. The number of likely N-dealkylation sites (tertiary alicyclic amines) is 1. The molecule has 2 fully saturated rings. The highest BCUT2D eigenvalue weighted by Crippen LogP contribution is 2.21. The number of piperazine rings is 1. The van der Waals surface area contributed by atoms with Crippen LogP contribution in [0, 0.1) is 5.92 Å². The Kier molecular flexibility index (Phi) is 6.96. The number of halogens is 1. The minimum absolute atomic E-state index is 0.0131. The summed E-state index contributed by atoms with van der Waals surface area (Å²) in [6, 6.07) is 6.97. The third-order valence-electron chi connectivity index (χ3n) is 5.50. The summed E-state index contributed by atoms with van der Waals surface area (Å²) in [5, 5.41) is 0.636. The van der Waals surface area contributed by atoms with Gasteiger partial charge in [-0.15, -0.1) is 0 Å². The predicted octanol–water partition coefficient (Wildman–Crippen LogP) is 2.12. The number of piperidine rings is 1. The monoisotopic (exact) mass is 393 g/mol. The van der Waals surface area contributed by atoms with E-state index in [4.69, 9.17) is 16.3 Å². The molecule has 0 unspecified atom stereocenters. The maximum atomic E-state index is 12.7. The number of amides is 2. The van der Waals surface area contributed by atoms with Gasteiger partial charge in [-0.25, -0.2) is 0 Å². The van der Waals surface area contributed by atoms with E-state index in [0.29, 0.717) is 23.9 Å². The van der Waals surface area contributed by atoms with E-state index in [1.165, 1.54) is 0 Å². The van der Waals surface area contributed by atoms with Gasteiger partial charge in [0.25, 0.3) is 5.91 Å². The second-order valence-electron chi connectivity index (χ2n) is 7.16. The summed E-state index contributed by atoms with van der Waals surface area (Å²) in [6.45, 7) is 8.01. The molecule has 3 rings (SSSR count). The lowest BCUT2D eigenvalue weighted by Gasteiger charge is -2.38. The molecule has 148 valence electrons. The van der Waals surface area contributed by atoms with Gasteiger partial charge in [-0.2, -0.15) is 0 Å². The van der Waals surface area contributed by atoms with Gasteiger partial charge in [-0.3, -0.25) is 9.59 Å². The first-order chi connectivity index (χ1) is 13.1. The van der Waals surface area contributed by atoms with Gasteiger partial charge in [0.1, 0.15) is 5.75 Å². The third kappa shape index (κ3) is 5.36. The number of carbonyl (C=O) groups excluding carboxylic acids is 2. The van der Waals surface area contributed by atoms with Crippen LogP contribution in [0.2, 0.25) is 5.02 Å². The van der Waals surface area contributed by atoms with Gasteiger partial charge in [0, 0.05) is 50.2 Å². The Morgan fingerprint density at radius 2 is 1.63 bits per heavy atom. The molecular weight excluding hydrogens is 366 g/mol. The largest absolute Gasteiger partial charge is 0.484 e. The molecule has 2 heterocycles. The number of benzene rings is 1. The summed E-state index contributed by atoms with van der Waals surface area (Å²) in [7, 11) is 0. The zero-order chi connectivity index (χ0) is 19.2. The van der Waals surface area contributed by atoms with Crippen LogP contribution < -0.4 is 4.74 Å². The second-order valence-corrected chi connectivity index (χ2v) is 7.59. The Labute approximate surface area is 166 Å². The van der Waals surface area contributed by atoms with Crippen LogP contribution in [0.5, 0.6) is 5.75 Å². The molecule has 0 N–H and O–H groups in total. The summed E-state index contributed by atoms with van der Waals surface area (Å²) in [5.74, 6) is 0.895. The van der Waals surface area contributed by atoms with Crippen LogP contribution in [0.25, 0.3) is 0 Å². The first-order valence-electron chi connectivity index (χ1n) is 9.74. The molecule has 6 nitrogen and oxygen atoms in total. The fraction of sp³-hybridized carbons (Fsp3) is 0.600. The molecule has 0 atom stereocenters. The molecule has 1 aromatic carbocycles. The maximum absolute atomic E-state index is 12.7. The lowest BCUT2D eigenvalue weighted by Crippen LogP contribution is -2.52. The number of rotatable bonds is 5. The molecule has 0 spiro atoms. The van der Waals surface area contributed by atoms with Crippen molar-refractivity contribution in [3.05, 3.63) is 29.3 Å². The standard InChI is InChI=1S/C20H28ClN3O3/c1-2-22-11-13-24(14-12-22)20(26)16-7-9-23(10-8-16)19(25)15-27-18-5-3-17(21)4-6-18/h3-6,16H,2,7-15H2,1H3. The smallest absolute Gasteiger partial charge is 0.260 e. The summed E-state index contributed by atoms with van der Waals surface area (Å²) >= 11 is 5.84. The van der Waals surface area contributed by atoms with E-state index in [1.54, 1.807) is 29.2 Å². The molecule has 1 aromatic rings. The SMILES string of the molecule is CCN1CCN(C(=O)C2CCN(C(=O)COc3ccc(Cl)cc3)CC2)CC1. The van der Waals surface area contributed by atoms with Crippen molar-refractivity contribution in [1.82, 2.24) is 14.7 Å². The van der Waals surface area contributed by atoms with E-state index < -0.39 is 0 Å². The van der Waals surface area contributed by atoms with Crippen LogP contribution >= 0.6 is 11.6 Å². The molecular formula is C20H28ClN3O3. The highest BCUT2D eigenvalue weighted by Gasteiger charge is 2.31. The van der Waals surface area contributed by atoms with Gasteiger partial charge in [0.15, 0.2) is 6.61 Å². The number of hydrogen-bond donors (Lipinski definition) is 0. The van der Waals surface area contributed by atoms with Crippen molar-refractivity contribution < 1.29 is 14.3 Å². The van der Waals surface area contributed by atoms with Crippen molar-refractivity contribution in [2.24, 2.45) is 5.92 Å². The highest BCUT2D eigenvalue weighted by atomic mass is 35.5. The van der Waals surface area contributed by atoms with Crippen LogP contribution in [0.3, 0.4) is 0 Å². The van der Waals surface area contributed by atoms with Crippen LogP contribution in [0.15, 0.2) is 24.3 Å². The number of likely N-dealkylation sites (N-methyl/N-ethyl adjacent to an activating group) is 1. The van der Waals surface area contributed by atoms with Crippen LogP contribution in [-0.2, 0) is 9.59 Å². The van der Waals surface area contributed by atoms with E-state index in [9.17, 15) is 9.59 Å². The minimum Gasteiger partial charge on any atom is -0.484 e. The van der Waals surface area contributed by atoms with Crippen molar-refractivity contribution in [2.45, 2.75) is 19.8 Å². The topological polar surface area (TPSA) is 53.1 Å². The highest BCUT2D eigenvalue weighted by molar-refractivity contribution is 6.30. The molecule has 2 aliphatic heterocycles. The lowest BCUT2D eigenvalue weighted by molar-refractivity contribution is -0.142. The van der Waals surface area contributed by atoms with Gasteiger partial charge in [0.2, 0.25) is 5.91 Å². The Morgan fingerprint density at radius 1 is 1.00 bits per heavy atom. The van der Waals surface area contributed by atoms with Crippen LogP contribution in [-0.4, -0.2) is 78.9 Å². The molecule has 0 aromatic heterocycles. The van der Waals surface area contributed by atoms with Gasteiger partial charge >= 0.3 is 0 Å². The number of nitrogens with zero attached hydrogens (tertiary/aromatic N) is 3. The zero-order valence-corrected chi connectivity index (χ0v) is 16.7. The molecule has 2 aliphatic rings. The van der Waals surface area contributed by atoms with Gasteiger partial charge in [-0.05, 0) is 43.7 Å². The summed E-state index contributed by atoms with van der Waals surface area (Å²) in [6.07, 6.45) is 1.47. The van der Waals surface area contributed by atoms with E-state index >= 15 is 0 Å². The average Bonchev–Trinajstić information content (AvgIpc) is 2.73. The first-order valence-corrected chi connectivity index (χ1v) is 10.1. The Bertz CT molecular complexity index is 636. The molecule has 0 radical (unpaired) electrons.